The highest BCUT2D eigenvalue weighted by molar-refractivity contribution is 5.98. The van der Waals surface area contributed by atoms with Crippen LogP contribution in [0, 0.1) is 5.41 Å². The Morgan fingerprint density at radius 2 is 2.05 bits per heavy atom. The summed E-state index contributed by atoms with van der Waals surface area (Å²) in [7, 11) is 0. The lowest BCUT2D eigenvalue weighted by molar-refractivity contribution is -0.173. The average molecular weight is 267 g/mol. The van der Waals surface area contributed by atoms with Crippen LogP contribution in [0.5, 0.6) is 0 Å². The van der Waals surface area contributed by atoms with Gasteiger partial charge in [0.25, 0.3) is 0 Å². The van der Waals surface area contributed by atoms with E-state index in [1.165, 1.54) is 4.90 Å². The fourth-order valence-corrected chi connectivity index (χ4v) is 1.96. The lowest BCUT2D eigenvalue weighted by atomic mass is 9.98. The molecule has 0 N–H and O–H groups in total. The molecule has 0 aliphatic carbocycles. The van der Waals surface area contributed by atoms with Gasteiger partial charge in [0.05, 0.1) is 5.41 Å². The first-order chi connectivity index (χ1) is 8.80. The van der Waals surface area contributed by atoms with Gasteiger partial charge in [0.1, 0.15) is 5.70 Å². The van der Waals surface area contributed by atoms with Crippen molar-refractivity contribution in [2.75, 3.05) is 6.79 Å². The highest BCUT2D eigenvalue weighted by atomic mass is 16.7. The minimum atomic E-state index is -0.641. The monoisotopic (exact) mass is 267 g/mol. The molecule has 0 radical (unpaired) electrons. The summed E-state index contributed by atoms with van der Waals surface area (Å²) in [6.07, 6.45) is 2.84. The van der Waals surface area contributed by atoms with Gasteiger partial charge in [0.2, 0.25) is 12.7 Å². The molecule has 1 saturated heterocycles. The number of hydrogen-bond donors (Lipinski definition) is 0. The molecule has 2 aliphatic heterocycles. The normalized spacial score (nSPS) is 21.4. The van der Waals surface area contributed by atoms with Crippen molar-refractivity contribution in [2.24, 2.45) is 5.41 Å². The molecule has 104 valence electrons. The lowest BCUT2D eigenvalue weighted by Crippen LogP contribution is -2.49. The number of carbonyl (C=O) groups is 3. The summed E-state index contributed by atoms with van der Waals surface area (Å²) in [6, 6.07) is 0.104. The molecule has 2 aliphatic rings. The van der Waals surface area contributed by atoms with Crippen molar-refractivity contribution in [3.05, 3.63) is 11.8 Å². The van der Waals surface area contributed by atoms with Crippen molar-refractivity contribution in [2.45, 2.75) is 39.7 Å². The van der Waals surface area contributed by atoms with Crippen molar-refractivity contribution in [3.63, 3.8) is 0 Å². The van der Waals surface area contributed by atoms with Gasteiger partial charge in [-0.05, 0) is 27.2 Å². The fraction of sp³-hybridized carbons (Fsp3) is 0.615. The van der Waals surface area contributed by atoms with Gasteiger partial charge in [-0.2, -0.15) is 0 Å². The van der Waals surface area contributed by atoms with E-state index in [2.05, 4.69) is 0 Å². The van der Waals surface area contributed by atoms with Crippen molar-refractivity contribution in [3.8, 4) is 0 Å². The highest BCUT2D eigenvalue weighted by Gasteiger charge is 2.44. The number of fused-ring (bicyclic) bond motifs is 1. The summed E-state index contributed by atoms with van der Waals surface area (Å²) in [6.45, 7) is 4.69. The molecule has 0 bridgehead atoms. The van der Waals surface area contributed by atoms with Crippen LogP contribution >= 0.6 is 0 Å². The third-order valence-electron chi connectivity index (χ3n) is 3.09. The maximum absolute atomic E-state index is 11.7. The Labute approximate surface area is 111 Å². The van der Waals surface area contributed by atoms with Crippen LogP contribution in [0.3, 0.4) is 0 Å². The number of hydrogen-bond acceptors (Lipinski definition) is 5. The highest BCUT2D eigenvalue weighted by Crippen LogP contribution is 2.33. The van der Waals surface area contributed by atoms with Gasteiger partial charge in [-0.15, -0.1) is 0 Å². The number of nitrogens with zero attached hydrogens (tertiary/aromatic N) is 1. The molecule has 0 aromatic rings. The van der Waals surface area contributed by atoms with E-state index >= 15 is 0 Å². The van der Waals surface area contributed by atoms with E-state index in [-0.39, 0.29) is 17.6 Å². The first-order valence-corrected chi connectivity index (χ1v) is 6.17. The second-order valence-corrected chi connectivity index (χ2v) is 5.68. The molecule has 1 amide bonds. The Morgan fingerprint density at radius 3 is 2.63 bits per heavy atom. The standard InChI is InChI=1S/C13H17NO5/c1-13(2,3)12(17)19-7-18-11(16)9-5-4-8-6-10(15)14(8)9/h5,8H,4,6-7H2,1-3H3. The van der Waals surface area contributed by atoms with E-state index in [9.17, 15) is 14.4 Å². The molecular formula is C13H17NO5. The first-order valence-electron chi connectivity index (χ1n) is 6.17. The van der Waals surface area contributed by atoms with Crippen molar-refractivity contribution < 1.29 is 23.9 Å². The fourth-order valence-electron chi connectivity index (χ4n) is 1.96. The molecule has 0 spiro atoms. The van der Waals surface area contributed by atoms with Gasteiger partial charge >= 0.3 is 11.9 Å². The number of β-lactam (4-membered cyclic amide) rings is 1. The van der Waals surface area contributed by atoms with Crippen molar-refractivity contribution in [1.29, 1.82) is 0 Å². The summed E-state index contributed by atoms with van der Waals surface area (Å²) in [5.41, 5.74) is -0.384. The molecular weight excluding hydrogens is 250 g/mol. The zero-order valence-corrected chi connectivity index (χ0v) is 11.3. The summed E-state index contributed by atoms with van der Waals surface area (Å²) in [5.74, 6) is -1.15. The van der Waals surface area contributed by atoms with Gasteiger partial charge in [0, 0.05) is 12.5 Å². The molecule has 6 nitrogen and oxygen atoms in total. The quantitative estimate of drug-likeness (QED) is 0.432. The molecule has 2 heterocycles. The molecule has 0 aromatic carbocycles. The average Bonchev–Trinajstić information content (AvgIpc) is 2.64. The molecule has 0 saturated carbocycles. The van der Waals surface area contributed by atoms with Crippen molar-refractivity contribution in [1.82, 2.24) is 4.90 Å². The number of amides is 1. The maximum Gasteiger partial charge on any atom is 0.357 e. The Bertz CT molecular complexity index is 460. The van der Waals surface area contributed by atoms with E-state index in [0.29, 0.717) is 12.8 Å². The molecule has 1 unspecified atom stereocenters. The minimum absolute atomic E-state index is 0.0719. The molecule has 1 fully saturated rings. The Kier molecular flexibility index (Phi) is 3.34. The van der Waals surface area contributed by atoms with E-state index in [1.807, 2.05) is 0 Å². The number of rotatable bonds is 3. The SMILES string of the molecule is CC(C)(C)C(=O)OCOC(=O)C1=CCC2CC(=O)N12. The second-order valence-electron chi connectivity index (χ2n) is 5.68. The molecule has 1 atom stereocenters. The largest absolute Gasteiger partial charge is 0.427 e. The van der Waals surface area contributed by atoms with Gasteiger partial charge in [-0.1, -0.05) is 6.08 Å². The molecule has 2 rings (SSSR count). The Hall–Kier alpha value is -1.85. The van der Waals surface area contributed by atoms with Crippen LogP contribution in [0.1, 0.15) is 33.6 Å². The van der Waals surface area contributed by atoms with Crippen LogP contribution in [0.4, 0.5) is 0 Å². The van der Waals surface area contributed by atoms with E-state index < -0.39 is 24.1 Å². The van der Waals surface area contributed by atoms with E-state index in [0.717, 1.165) is 0 Å². The first kappa shape index (κ1) is 13.6. The second kappa shape index (κ2) is 4.68. The molecule has 0 aromatic heterocycles. The predicted octanol–water partition coefficient (Wildman–Crippen LogP) is 0.965. The Balaban J connectivity index is 1.80. The Morgan fingerprint density at radius 1 is 1.37 bits per heavy atom. The van der Waals surface area contributed by atoms with Crippen LogP contribution in [-0.2, 0) is 23.9 Å². The van der Waals surface area contributed by atoms with E-state index in [4.69, 9.17) is 9.47 Å². The summed E-state index contributed by atoms with van der Waals surface area (Å²) in [5, 5.41) is 0. The van der Waals surface area contributed by atoms with Gasteiger partial charge in [-0.3, -0.25) is 9.59 Å². The van der Waals surface area contributed by atoms with Crippen LogP contribution in [0.2, 0.25) is 0 Å². The van der Waals surface area contributed by atoms with E-state index in [1.54, 1.807) is 26.8 Å². The van der Waals surface area contributed by atoms with Gasteiger partial charge in [-0.25, -0.2) is 4.79 Å². The van der Waals surface area contributed by atoms with Crippen LogP contribution in [0.15, 0.2) is 11.8 Å². The summed E-state index contributed by atoms with van der Waals surface area (Å²) >= 11 is 0. The third-order valence-corrected chi connectivity index (χ3v) is 3.09. The zero-order chi connectivity index (χ0) is 14.2. The molecule has 19 heavy (non-hydrogen) atoms. The topological polar surface area (TPSA) is 72.9 Å². The molecule has 6 heteroatoms. The van der Waals surface area contributed by atoms with Gasteiger partial charge < -0.3 is 14.4 Å². The lowest BCUT2D eigenvalue weighted by Gasteiger charge is -2.35. The van der Waals surface area contributed by atoms with Crippen LogP contribution < -0.4 is 0 Å². The summed E-state index contributed by atoms with van der Waals surface area (Å²) in [4.78, 5) is 36.0. The van der Waals surface area contributed by atoms with Crippen molar-refractivity contribution >= 4 is 17.8 Å². The predicted molar refractivity (Wildman–Crippen MR) is 64.5 cm³/mol. The third kappa shape index (κ3) is 2.62. The van der Waals surface area contributed by atoms with Crippen LogP contribution in [-0.4, -0.2) is 35.6 Å². The maximum atomic E-state index is 11.7. The van der Waals surface area contributed by atoms with Crippen LogP contribution in [0.25, 0.3) is 0 Å². The number of carbonyl (C=O) groups excluding carboxylic acids is 3. The summed E-state index contributed by atoms with van der Waals surface area (Å²) < 4.78 is 9.68. The zero-order valence-electron chi connectivity index (χ0n) is 11.3. The minimum Gasteiger partial charge on any atom is -0.427 e. The number of esters is 2. The van der Waals surface area contributed by atoms with Gasteiger partial charge in [0.15, 0.2) is 0 Å². The smallest absolute Gasteiger partial charge is 0.357 e. The number of ether oxygens (including phenoxy) is 2.